The van der Waals surface area contributed by atoms with E-state index in [9.17, 15) is 4.79 Å². The van der Waals surface area contributed by atoms with E-state index in [1.807, 2.05) is 43.8 Å². The molecular weight excluding hydrogens is 178 g/mol. The molecular formula is C11H15NO2. The molecule has 0 bridgehead atoms. The molecule has 0 amide bonds. The van der Waals surface area contributed by atoms with Crippen molar-refractivity contribution in [2.75, 3.05) is 0 Å². The number of aryl methyl sites for hydroxylation is 1. The van der Waals surface area contributed by atoms with E-state index in [2.05, 4.69) is 0 Å². The number of hydrogen-bond acceptors (Lipinski definition) is 1. The molecule has 14 heavy (non-hydrogen) atoms. The Balaban J connectivity index is 2.32. The summed E-state index contributed by atoms with van der Waals surface area (Å²) < 4.78 is 2.01. The van der Waals surface area contributed by atoms with Gasteiger partial charge < -0.3 is 9.67 Å². The lowest BCUT2D eigenvalue weighted by Crippen LogP contribution is -2.03. The Kier molecular flexibility index (Phi) is 1.74. The van der Waals surface area contributed by atoms with Gasteiger partial charge in [0.1, 0.15) is 0 Å². The van der Waals surface area contributed by atoms with Crippen molar-refractivity contribution >= 4 is 5.97 Å². The summed E-state index contributed by atoms with van der Waals surface area (Å²) in [4.78, 5) is 11.0. The summed E-state index contributed by atoms with van der Waals surface area (Å²) in [6, 6.07) is 3.97. The number of carboxylic acids is 1. The SMILES string of the molecule is Cn1cccc1C1C(C(=O)O)C1(C)C. The van der Waals surface area contributed by atoms with Gasteiger partial charge >= 0.3 is 5.97 Å². The number of aromatic nitrogens is 1. The summed E-state index contributed by atoms with van der Waals surface area (Å²) in [7, 11) is 1.96. The lowest BCUT2D eigenvalue weighted by Gasteiger charge is -2.03. The Labute approximate surface area is 83.4 Å². The number of nitrogens with zero attached hydrogens (tertiary/aromatic N) is 1. The van der Waals surface area contributed by atoms with Gasteiger partial charge in [0.05, 0.1) is 5.92 Å². The van der Waals surface area contributed by atoms with E-state index in [0.717, 1.165) is 5.69 Å². The summed E-state index contributed by atoms with van der Waals surface area (Å²) in [5, 5.41) is 9.04. The fourth-order valence-electron chi connectivity index (χ4n) is 2.45. The first-order valence-corrected chi connectivity index (χ1v) is 4.80. The molecule has 1 saturated carbocycles. The van der Waals surface area contributed by atoms with E-state index in [-0.39, 0.29) is 17.3 Å². The smallest absolute Gasteiger partial charge is 0.307 e. The Hall–Kier alpha value is -1.25. The maximum atomic E-state index is 11.0. The zero-order valence-corrected chi connectivity index (χ0v) is 8.69. The minimum absolute atomic E-state index is 0.0993. The second-order valence-electron chi connectivity index (χ2n) is 4.66. The van der Waals surface area contributed by atoms with E-state index in [0.29, 0.717) is 0 Å². The summed E-state index contributed by atoms with van der Waals surface area (Å²) in [6.45, 7) is 4.03. The molecule has 2 atom stereocenters. The molecule has 1 aromatic heterocycles. The van der Waals surface area contributed by atoms with Gasteiger partial charge in [0.25, 0.3) is 0 Å². The molecule has 0 radical (unpaired) electrons. The van der Waals surface area contributed by atoms with E-state index >= 15 is 0 Å². The number of aliphatic carboxylic acids is 1. The van der Waals surface area contributed by atoms with Gasteiger partial charge in [-0.1, -0.05) is 13.8 Å². The van der Waals surface area contributed by atoms with Crippen LogP contribution in [0.15, 0.2) is 18.3 Å². The molecule has 1 aliphatic rings. The van der Waals surface area contributed by atoms with Crippen LogP contribution in [0, 0.1) is 11.3 Å². The van der Waals surface area contributed by atoms with Gasteiger partial charge in [0, 0.05) is 24.9 Å². The van der Waals surface area contributed by atoms with Crippen molar-refractivity contribution in [3.63, 3.8) is 0 Å². The topological polar surface area (TPSA) is 42.2 Å². The van der Waals surface area contributed by atoms with Gasteiger partial charge in [-0.25, -0.2) is 0 Å². The molecule has 2 unspecified atom stereocenters. The zero-order valence-electron chi connectivity index (χ0n) is 8.69. The van der Waals surface area contributed by atoms with Crippen LogP contribution in [0.4, 0.5) is 0 Å². The van der Waals surface area contributed by atoms with E-state index in [1.54, 1.807) is 0 Å². The molecule has 0 aliphatic heterocycles. The number of carboxylic acid groups (broad SMARTS) is 1. The predicted molar refractivity (Wildman–Crippen MR) is 53.1 cm³/mol. The van der Waals surface area contributed by atoms with Crippen molar-refractivity contribution in [2.24, 2.45) is 18.4 Å². The lowest BCUT2D eigenvalue weighted by atomic mass is 10.1. The van der Waals surface area contributed by atoms with Crippen LogP contribution in [0.25, 0.3) is 0 Å². The molecule has 2 rings (SSSR count). The molecule has 1 heterocycles. The predicted octanol–water partition coefficient (Wildman–Crippen LogP) is 1.85. The van der Waals surface area contributed by atoms with Gasteiger partial charge in [-0.3, -0.25) is 4.79 Å². The third-order valence-corrected chi connectivity index (χ3v) is 3.40. The molecule has 0 saturated heterocycles. The zero-order chi connectivity index (χ0) is 10.5. The highest BCUT2D eigenvalue weighted by atomic mass is 16.4. The molecule has 1 aliphatic carbocycles. The minimum Gasteiger partial charge on any atom is -0.481 e. The number of rotatable bonds is 2. The van der Waals surface area contributed by atoms with Gasteiger partial charge in [-0.2, -0.15) is 0 Å². The molecule has 0 aromatic carbocycles. The highest BCUT2D eigenvalue weighted by Crippen LogP contribution is 2.64. The average molecular weight is 193 g/mol. The van der Waals surface area contributed by atoms with Crippen molar-refractivity contribution in [1.82, 2.24) is 4.57 Å². The van der Waals surface area contributed by atoms with Crippen LogP contribution in [0.3, 0.4) is 0 Å². The highest BCUT2D eigenvalue weighted by Gasteiger charge is 2.63. The monoisotopic (exact) mass is 193 g/mol. The number of carbonyl (C=O) groups is 1. The fraction of sp³-hybridized carbons (Fsp3) is 0.545. The van der Waals surface area contributed by atoms with Gasteiger partial charge in [0.2, 0.25) is 0 Å². The maximum Gasteiger partial charge on any atom is 0.307 e. The summed E-state index contributed by atoms with van der Waals surface area (Å²) in [5.74, 6) is -0.739. The summed E-state index contributed by atoms with van der Waals surface area (Å²) in [6.07, 6.45) is 1.96. The molecule has 1 fully saturated rings. The van der Waals surface area contributed by atoms with E-state index < -0.39 is 5.97 Å². The highest BCUT2D eigenvalue weighted by molar-refractivity contribution is 5.77. The molecule has 1 N–H and O–H groups in total. The standard InChI is InChI=1S/C11H15NO2/c1-11(2)8(9(11)10(13)14)7-5-4-6-12(7)3/h4-6,8-9H,1-3H3,(H,13,14). The second-order valence-corrected chi connectivity index (χ2v) is 4.66. The quantitative estimate of drug-likeness (QED) is 0.778. The Bertz CT molecular complexity index is 378. The molecule has 76 valence electrons. The van der Waals surface area contributed by atoms with Crippen molar-refractivity contribution in [2.45, 2.75) is 19.8 Å². The number of hydrogen-bond donors (Lipinski definition) is 1. The lowest BCUT2D eigenvalue weighted by molar-refractivity contribution is -0.139. The normalized spacial score (nSPS) is 28.8. The molecule has 3 heteroatoms. The van der Waals surface area contributed by atoms with Crippen LogP contribution in [-0.4, -0.2) is 15.6 Å². The minimum atomic E-state index is -0.679. The van der Waals surface area contributed by atoms with Crippen LogP contribution < -0.4 is 0 Å². The first-order chi connectivity index (χ1) is 6.46. The van der Waals surface area contributed by atoms with Crippen molar-refractivity contribution in [3.8, 4) is 0 Å². The van der Waals surface area contributed by atoms with Crippen LogP contribution in [0.5, 0.6) is 0 Å². The Morgan fingerprint density at radius 1 is 1.57 bits per heavy atom. The van der Waals surface area contributed by atoms with Gasteiger partial charge in [-0.15, -0.1) is 0 Å². The molecule has 0 spiro atoms. The molecule has 3 nitrogen and oxygen atoms in total. The maximum absolute atomic E-state index is 11.0. The largest absolute Gasteiger partial charge is 0.481 e. The van der Waals surface area contributed by atoms with Crippen molar-refractivity contribution in [1.29, 1.82) is 0 Å². The Morgan fingerprint density at radius 2 is 2.21 bits per heavy atom. The van der Waals surface area contributed by atoms with Gasteiger partial charge in [0.15, 0.2) is 0 Å². The first-order valence-electron chi connectivity index (χ1n) is 4.80. The van der Waals surface area contributed by atoms with Gasteiger partial charge in [-0.05, 0) is 17.5 Å². The molecule has 1 aromatic rings. The average Bonchev–Trinajstić information content (AvgIpc) is 2.42. The van der Waals surface area contributed by atoms with Crippen LogP contribution in [0.2, 0.25) is 0 Å². The van der Waals surface area contributed by atoms with Crippen LogP contribution in [0.1, 0.15) is 25.5 Å². The van der Waals surface area contributed by atoms with E-state index in [1.165, 1.54) is 0 Å². The third-order valence-electron chi connectivity index (χ3n) is 3.40. The summed E-state index contributed by atoms with van der Waals surface area (Å²) in [5.41, 5.74) is 1.03. The Morgan fingerprint density at radius 3 is 2.57 bits per heavy atom. The second kappa shape index (κ2) is 2.62. The summed E-state index contributed by atoms with van der Waals surface area (Å²) >= 11 is 0. The fourth-order valence-corrected chi connectivity index (χ4v) is 2.45. The third kappa shape index (κ3) is 1.08. The first kappa shape index (κ1) is 9.31. The van der Waals surface area contributed by atoms with Crippen LogP contribution in [-0.2, 0) is 11.8 Å². The van der Waals surface area contributed by atoms with Crippen LogP contribution >= 0.6 is 0 Å². The van der Waals surface area contributed by atoms with E-state index in [4.69, 9.17) is 5.11 Å². The van der Waals surface area contributed by atoms with Crippen molar-refractivity contribution < 1.29 is 9.90 Å². The van der Waals surface area contributed by atoms with Crippen molar-refractivity contribution in [3.05, 3.63) is 24.0 Å².